The lowest BCUT2D eigenvalue weighted by Crippen LogP contribution is -2.35. The van der Waals surface area contributed by atoms with Gasteiger partial charge in [-0.05, 0) is 40.0 Å². The van der Waals surface area contributed by atoms with Gasteiger partial charge in [-0.15, -0.1) is 11.6 Å². The maximum Gasteiger partial charge on any atom is 0.241 e. The van der Waals surface area contributed by atoms with Crippen LogP contribution >= 0.6 is 27.5 Å². The molecule has 0 aliphatic heterocycles. The number of halogens is 2. The van der Waals surface area contributed by atoms with Gasteiger partial charge in [0.05, 0.1) is 17.6 Å². The first kappa shape index (κ1) is 18.9. The van der Waals surface area contributed by atoms with Gasteiger partial charge in [0.2, 0.25) is 10.0 Å². The van der Waals surface area contributed by atoms with E-state index in [0.717, 1.165) is 11.1 Å². The van der Waals surface area contributed by atoms with Crippen molar-refractivity contribution in [1.29, 1.82) is 0 Å². The van der Waals surface area contributed by atoms with Crippen molar-refractivity contribution >= 4 is 37.6 Å². The van der Waals surface area contributed by atoms with Crippen molar-refractivity contribution in [2.75, 3.05) is 27.4 Å². The van der Waals surface area contributed by atoms with Crippen LogP contribution in [-0.2, 0) is 25.4 Å². The quantitative estimate of drug-likeness (QED) is 0.681. The molecule has 0 fully saturated rings. The van der Waals surface area contributed by atoms with Crippen molar-refractivity contribution in [2.24, 2.45) is 0 Å². The van der Waals surface area contributed by atoms with Crippen LogP contribution in [0.1, 0.15) is 11.1 Å². The van der Waals surface area contributed by atoms with Crippen molar-refractivity contribution in [3.63, 3.8) is 0 Å². The molecule has 0 saturated carbocycles. The number of hydrogen-bond acceptors (Lipinski definition) is 4. The predicted octanol–water partition coefficient (Wildman–Crippen LogP) is 2.44. The van der Waals surface area contributed by atoms with E-state index in [2.05, 4.69) is 20.7 Å². The molecular formula is C13H19BrClNO4S. The summed E-state index contributed by atoms with van der Waals surface area (Å²) in [6.45, 7) is 2.26. The number of methoxy groups -OCH3 is 2. The predicted molar refractivity (Wildman–Crippen MR) is 86.3 cm³/mol. The fourth-order valence-corrected chi connectivity index (χ4v) is 4.05. The van der Waals surface area contributed by atoms with Crippen molar-refractivity contribution in [3.8, 4) is 0 Å². The second-order valence-electron chi connectivity index (χ2n) is 4.52. The molecule has 0 aliphatic carbocycles. The highest BCUT2D eigenvalue weighted by molar-refractivity contribution is 9.10. The summed E-state index contributed by atoms with van der Waals surface area (Å²) in [7, 11) is -0.622. The SMILES string of the molecule is COCC(CNS(=O)(=O)c1cc(CCl)cc(C)c1Br)OC. The van der Waals surface area contributed by atoms with Crippen LogP contribution in [0, 0.1) is 6.92 Å². The summed E-state index contributed by atoms with van der Waals surface area (Å²) in [6, 6.07) is 3.41. The minimum absolute atomic E-state index is 0.128. The van der Waals surface area contributed by atoms with Gasteiger partial charge in [-0.2, -0.15) is 0 Å². The molecular weight excluding hydrogens is 382 g/mol. The Bertz CT molecular complexity index is 580. The van der Waals surface area contributed by atoms with Crippen molar-refractivity contribution < 1.29 is 17.9 Å². The number of sulfonamides is 1. The molecule has 0 heterocycles. The van der Waals surface area contributed by atoms with Gasteiger partial charge in [0.1, 0.15) is 0 Å². The second kappa shape index (κ2) is 8.45. The lowest BCUT2D eigenvalue weighted by atomic mass is 10.2. The van der Waals surface area contributed by atoms with E-state index >= 15 is 0 Å². The Morgan fingerprint density at radius 2 is 2.05 bits per heavy atom. The van der Waals surface area contributed by atoms with Crippen LogP contribution in [-0.4, -0.2) is 41.9 Å². The molecule has 1 aromatic carbocycles. The molecule has 120 valence electrons. The minimum Gasteiger partial charge on any atom is -0.382 e. The molecule has 5 nitrogen and oxygen atoms in total. The average molecular weight is 401 g/mol. The molecule has 1 unspecified atom stereocenters. The fourth-order valence-electron chi connectivity index (χ4n) is 1.76. The first-order valence-electron chi connectivity index (χ1n) is 6.22. The zero-order valence-electron chi connectivity index (χ0n) is 12.2. The van der Waals surface area contributed by atoms with Gasteiger partial charge < -0.3 is 9.47 Å². The number of hydrogen-bond donors (Lipinski definition) is 1. The minimum atomic E-state index is -3.66. The van der Waals surface area contributed by atoms with Crippen LogP contribution in [0.3, 0.4) is 0 Å². The van der Waals surface area contributed by atoms with E-state index < -0.39 is 10.0 Å². The zero-order valence-corrected chi connectivity index (χ0v) is 15.3. The average Bonchev–Trinajstić information content (AvgIpc) is 2.45. The van der Waals surface area contributed by atoms with Gasteiger partial charge >= 0.3 is 0 Å². The zero-order chi connectivity index (χ0) is 16.0. The fraction of sp³-hybridized carbons (Fsp3) is 0.538. The molecule has 1 rings (SSSR count). The molecule has 1 aromatic rings. The van der Waals surface area contributed by atoms with Crippen LogP contribution in [0.2, 0.25) is 0 Å². The highest BCUT2D eigenvalue weighted by Gasteiger charge is 2.21. The summed E-state index contributed by atoms with van der Waals surface area (Å²) < 4.78 is 38.0. The Balaban J connectivity index is 3.00. The van der Waals surface area contributed by atoms with E-state index in [1.165, 1.54) is 14.2 Å². The van der Waals surface area contributed by atoms with Gasteiger partial charge in [-0.25, -0.2) is 13.1 Å². The van der Waals surface area contributed by atoms with E-state index in [1.807, 2.05) is 13.0 Å². The summed E-state index contributed by atoms with van der Waals surface area (Å²) in [4.78, 5) is 0.172. The molecule has 0 radical (unpaired) electrons. The van der Waals surface area contributed by atoms with Crippen molar-refractivity contribution in [1.82, 2.24) is 4.72 Å². The molecule has 21 heavy (non-hydrogen) atoms. The Hall–Kier alpha value is -0.180. The molecule has 8 heteroatoms. The lowest BCUT2D eigenvalue weighted by Gasteiger charge is -2.16. The Morgan fingerprint density at radius 3 is 2.57 bits per heavy atom. The number of ether oxygens (including phenoxy) is 2. The summed E-state index contributed by atoms with van der Waals surface area (Å²) in [5, 5.41) is 0. The number of aryl methyl sites for hydroxylation is 1. The number of benzene rings is 1. The van der Waals surface area contributed by atoms with Crippen LogP contribution < -0.4 is 4.72 Å². The van der Waals surface area contributed by atoms with Gasteiger partial charge in [0.25, 0.3) is 0 Å². The second-order valence-corrected chi connectivity index (χ2v) is 7.32. The first-order valence-corrected chi connectivity index (χ1v) is 9.03. The first-order chi connectivity index (χ1) is 9.85. The topological polar surface area (TPSA) is 64.6 Å². The Labute approximate surface area is 139 Å². The van der Waals surface area contributed by atoms with E-state index in [1.54, 1.807) is 6.07 Å². The highest BCUT2D eigenvalue weighted by atomic mass is 79.9. The monoisotopic (exact) mass is 399 g/mol. The van der Waals surface area contributed by atoms with E-state index in [9.17, 15) is 8.42 Å². The van der Waals surface area contributed by atoms with E-state index in [-0.39, 0.29) is 23.4 Å². The van der Waals surface area contributed by atoms with Crippen molar-refractivity contribution in [2.45, 2.75) is 23.8 Å². The van der Waals surface area contributed by atoms with Crippen LogP contribution in [0.15, 0.2) is 21.5 Å². The molecule has 0 amide bonds. The van der Waals surface area contributed by atoms with Gasteiger partial charge in [-0.3, -0.25) is 0 Å². The van der Waals surface area contributed by atoms with Crippen LogP contribution in [0.25, 0.3) is 0 Å². The third kappa shape index (κ3) is 5.19. The van der Waals surface area contributed by atoms with E-state index in [0.29, 0.717) is 11.1 Å². The largest absolute Gasteiger partial charge is 0.382 e. The van der Waals surface area contributed by atoms with Gasteiger partial charge in [0.15, 0.2) is 0 Å². The summed E-state index contributed by atoms with van der Waals surface area (Å²) in [5.74, 6) is 0.251. The molecule has 1 N–H and O–H groups in total. The summed E-state index contributed by atoms with van der Waals surface area (Å²) in [5.41, 5.74) is 1.56. The van der Waals surface area contributed by atoms with Crippen LogP contribution in [0.5, 0.6) is 0 Å². The Morgan fingerprint density at radius 1 is 1.38 bits per heavy atom. The molecule has 0 saturated heterocycles. The molecule has 1 atom stereocenters. The number of alkyl halides is 1. The van der Waals surface area contributed by atoms with E-state index in [4.69, 9.17) is 21.1 Å². The van der Waals surface area contributed by atoms with Crippen molar-refractivity contribution in [3.05, 3.63) is 27.7 Å². The Kier molecular flexibility index (Phi) is 7.59. The summed E-state index contributed by atoms with van der Waals surface area (Å²) >= 11 is 9.11. The maximum absolute atomic E-state index is 12.4. The third-order valence-electron chi connectivity index (χ3n) is 2.91. The van der Waals surface area contributed by atoms with Crippen LogP contribution in [0.4, 0.5) is 0 Å². The summed E-state index contributed by atoms with van der Waals surface area (Å²) in [6.07, 6.45) is -0.346. The maximum atomic E-state index is 12.4. The number of rotatable bonds is 8. The molecule has 0 aliphatic rings. The smallest absolute Gasteiger partial charge is 0.241 e. The lowest BCUT2D eigenvalue weighted by molar-refractivity contribution is 0.0320. The molecule has 0 aromatic heterocycles. The number of nitrogens with one attached hydrogen (secondary N) is 1. The standard InChI is InChI=1S/C13H19BrClNO4S/c1-9-4-10(6-15)5-12(13(9)14)21(17,18)16-7-11(20-3)8-19-2/h4-5,11,16H,6-8H2,1-3H3. The third-order valence-corrected chi connectivity index (χ3v) is 5.98. The normalized spacial score (nSPS) is 13.4. The van der Waals surface area contributed by atoms with Gasteiger partial charge in [-0.1, -0.05) is 6.07 Å². The highest BCUT2D eigenvalue weighted by Crippen LogP contribution is 2.27. The molecule has 0 bridgehead atoms. The van der Waals surface area contributed by atoms with Gasteiger partial charge in [0, 0.05) is 31.1 Å². The molecule has 0 spiro atoms.